The van der Waals surface area contributed by atoms with E-state index in [-0.39, 0.29) is 0 Å². The van der Waals surface area contributed by atoms with Crippen LogP contribution in [0.25, 0.3) is 6.08 Å². The van der Waals surface area contributed by atoms with Crippen molar-refractivity contribution in [1.29, 1.82) is 0 Å². The topological polar surface area (TPSA) is 29.1 Å². The summed E-state index contributed by atoms with van der Waals surface area (Å²) in [4.78, 5) is 10.5. The quantitative estimate of drug-likeness (QED) is 0.449. The van der Waals surface area contributed by atoms with Crippen LogP contribution in [0.3, 0.4) is 0 Å². The van der Waals surface area contributed by atoms with Gasteiger partial charge in [0.15, 0.2) is 0 Å². The Morgan fingerprint density at radius 1 is 1.31 bits per heavy atom. The normalized spacial score (nSPS) is 11.7. The van der Waals surface area contributed by atoms with Crippen molar-refractivity contribution in [2.45, 2.75) is 13.3 Å². The number of hydrogen-bond acceptors (Lipinski definition) is 2. The summed E-state index contributed by atoms with van der Waals surface area (Å²) < 4.78 is 0. The van der Waals surface area contributed by atoms with Crippen molar-refractivity contribution in [1.82, 2.24) is 5.32 Å². The Morgan fingerprint density at radius 2 is 2.06 bits per heavy atom. The number of carbonyl (C=O) groups is 1. The van der Waals surface area contributed by atoms with Crippen LogP contribution in [0.4, 0.5) is 0 Å². The summed E-state index contributed by atoms with van der Waals surface area (Å²) in [7, 11) is 0. The average molecular weight is 215 g/mol. The van der Waals surface area contributed by atoms with Gasteiger partial charge >= 0.3 is 0 Å². The summed E-state index contributed by atoms with van der Waals surface area (Å²) in [5.74, 6) is 0. The Labute approximate surface area is 96.7 Å². The zero-order valence-corrected chi connectivity index (χ0v) is 9.52. The standard InChI is InChI=1S/C14H17NO/c1-2-13(12-16)11-15-10-6-9-14-7-4-3-5-8-14/h3-9,11-12,15H,2,10H2,1H3/b9-6?,13-11+. The number of rotatable bonds is 6. The highest BCUT2D eigenvalue weighted by Gasteiger charge is 1.87. The van der Waals surface area contributed by atoms with Gasteiger partial charge in [0.1, 0.15) is 6.29 Å². The van der Waals surface area contributed by atoms with Crippen molar-refractivity contribution >= 4 is 12.4 Å². The Balaban J connectivity index is 2.33. The van der Waals surface area contributed by atoms with E-state index in [1.165, 1.54) is 5.56 Å². The predicted molar refractivity (Wildman–Crippen MR) is 67.9 cm³/mol. The zero-order chi connectivity index (χ0) is 11.6. The molecule has 0 radical (unpaired) electrons. The lowest BCUT2D eigenvalue weighted by Gasteiger charge is -1.97. The highest BCUT2D eigenvalue weighted by atomic mass is 16.1. The maximum atomic E-state index is 10.5. The fourth-order valence-electron chi connectivity index (χ4n) is 1.24. The number of benzene rings is 1. The molecule has 0 aliphatic rings. The van der Waals surface area contributed by atoms with E-state index in [0.717, 1.165) is 24.8 Å². The fraction of sp³-hybridized carbons (Fsp3) is 0.214. The molecule has 0 heterocycles. The molecule has 0 saturated heterocycles. The minimum absolute atomic E-state index is 0.728. The second-order valence-corrected chi connectivity index (χ2v) is 3.41. The van der Waals surface area contributed by atoms with E-state index in [9.17, 15) is 4.79 Å². The van der Waals surface area contributed by atoms with Gasteiger partial charge in [-0.3, -0.25) is 4.79 Å². The van der Waals surface area contributed by atoms with Gasteiger partial charge in [-0.1, -0.05) is 49.4 Å². The SMILES string of the molecule is CC/C(C=O)=C\NCC=Cc1ccccc1. The highest BCUT2D eigenvalue weighted by molar-refractivity contribution is 5.72. The molecular formula is C14H17NO. The van der Waals surface area contributed by atoms with Crippen LogP contribution in [0, 0.1) is 0 Å². The van der Waals surface area contributed by atoms with Crippen LogP contribution in [0.2, 0.25) is 0 Å². The first-order valence-corrected chi connectivity index (χ1v) is 5.46. The van der Waals surface area contributed by atoms with Gasteiger partial charge in [-0.15, -0.1) is 0 Å². The third-order valence-electron chi connectivity index (χ3n) is 2.19. The Morgan fingerprint density at radius 3 is 2.69 bits per heavy atom. The van der Waals surface area contributed by atoms with E-state index in [1.54, 1.807) is 6.20 Å². The summed E-state index contributed by atoms with van der Waals surface area (Å²) in [6.45, 7) is 2.69. The first-order valence-electron chi connectivity index (χ1n) is 5.46. The van der Waals surface area contributed by atoms with E-state index in [2.05, 4.69) is 17.4 Å². The molecule has 2 nitrogen and oxygen atoms in total. The van der Waals surface area contributed by atoms with Gasteiger partial charge in [0.2, 0.25) is 0 Å². The minimum Gasteiger partial charge on any atom is -0.387 e. The molecule has 0 fully saturated rings. The van der Waals surface area contributed by atoms with Gasteiger partial charge in [-0.25, -0.2) is 0 Å². The van der Waals surface area contributed by atoms with Gasteiger partial charge in [-0.05, 0) is 12.0 Å². The van der Waals surface area contributed by atoms with Gasteiger partial charge in [-0.2, -0.15) is 0 Å². The van der Waals surface area contributed by atoms with Gasteiger partial charge in [0, 0.05) is 18.3 Å². The molecule has 0 aliphatic carbocycles. The van der Waals surface area contributed by atoms with E-state index in [0.29, 0.717) is 0 Å². The molecule has 16 heavy (non-hydrogen) atoms. The van der Waals surface area contributed by atoms with Crippen molar-refractivity contribution in [3.05, 3.63) is 53.7 Å². The molecule has 84 valence electrons. The third kappa shape index (κ3) is 4.60. The Kier molecular flexibility index (Phi) is 5.71. The Hall–Kier alpha value is -1.83. The lowest BCUT2D eigenvalue weighted by Crippen LogP contribution is -2.05. The summed E-state index contributed by atoms with van der Waals surface area (Å²) in [6.07, 6.45) is 7.49. The van der Waals surface area contributed by atoms with E-state index in [4.69, 9.17) is 0 Å². The molecule has 0 spiro atoms. The van der Waals surface area contributed by atoms with Crippen LogP contribution in [0.15, 0.2) is 48.2 Å². The number of carbonyl (C=O) groups excluding carboxylic acids is 1. The number of nitrogens with one attached hydrogen (secondary N) is 1. The van der Waals surface area contributed by atoms with Crippen LogP contribution in [0.5, 0.6) is 0 Å². The van der Waals surface area contributed by atoms with Gasteiger partial charge in [0.05, 0.1) is 0 Å². The Bertz CT molecular complexity index is 366. The first kappa shape index (κ1) is 12.2. The van der Waals surface area contributed by atoms with Crippen molar-refractivity contribution < 1.29 is 4.79 Å². The molecule has 1 aromatic rings. The molecule has 0 aromatic heterocycles. The minimum atomic E-state index is 0.728. The van der Waals surface area contributed by atoms with Gasteiger partial charge in [0.25, 0.3) is 0 Å². The van der Waals surface area contributed by atoms with Crippen molar-refractivity contribution in [2.75, 3.05) is 6.54 Å². The largest absolute Gasteiger partial charge is 0.387 e. The van der Waals surface area contributed by atoms with Crippen LogP contribution >= 0.6 is 0 Å². The van der Waals surface area contributed by atoms with Gasteiger partial charge < -0.3 is 5.32 Å². The lowest BCUT2D eigenvalue weighted by atomic mass is 10.2. The predicted octanol–water partition coefficient (Wildman–Crippen LogP) is 2.78. The zero-order valence-electron chi connectivity index (χ0n) is 9.52. The van der Waals surface area contributed by atoms with Crippen molar-refractivity contribution in [3.8, 4) is 0 Å². The maximum Gasteiger partial charge on any atom is 0.147 e. The third-order valence-corrected chi connectivity index (χ3v) is 2.19. The molecular weight excluding hydrogens is 198 g/mol. The first-order chi connectivity index (χ1) is 7.86. The average Bonchev–Trinajstić information content (AvgIpc) is 2.35. The van der Waals surface area contributed by atoms with Crippen LogP contribution in [-0.2, 0) is 4.79 Å². The maximum absolute atomic E-state index is 10.5. The molecule has 1 aromatic carbocycles. The fourth-order valence-corrected chi connectivity index (χ4v) is 1.24. The van der Waals surface area contributed by atoms with Crippen molar-refractivity contribution in [2.24, 2.45) is 0 Å². The second kappa shape index (κ2) is 7.46. The molecule has 0 unspecified atom stereocenters. The van der Waals surface area contributed by atoms with Crippen LogP contribution < -0.4 is 5.32 Å². The molecule has 0 saturated carbocycles. The summed E-state index contributed by atoms with van der Waals surface area (Å²) >= 11 is 0. The molecule has 0 amide bonds. The van der Waals surface area contributed by atoms with Crippen LogP contribution in [-0.4, -0.2) is 12.8 Å². The second-order valence-electron chi connectivity index (χ2n) is 3.41. The molecule has 0 aliphatic heterocycles. The van der Waals surface area contributed by atoms with Crippen molar-refractivity contribution in [3.63, 3.8) is 0 Å². The molecule has 2 heteroatoms. The summed E-state index contributed by atoms with van der Waals surface area (Å²) in [6, 6.07) is 10.1. The highest BCUT2D eigenvalue weighted by Crippen LogP contribution is 2.00. The smallest absolute Gasteiger partial charge is 0.147 e. The van der Waals surface area contributed by atoms with E-state index >= 15 is 0 Å². The number of hydrogen-bond donors (Lipinski definition) is 1. The van der Waals surface area contributed by atoms with E-state index in [1.807, 2.05) is 37.3 Å². The lowest BCUT2D eigenvalue weighted by molar-refractivity contribution is -0.105. The molecule has 0 atom stereocenters. The van der Waals surface area contributed by atoms with Crippen LogP contribution in [0.1, 0.15) is 18.9 Å². The molecule has 1 rings (SSSR count). The van der Waals surface area contributed by atoms with E-state index < -0.39 is 0 Å². The summed E-state index contributed by atoms with van der Waals surface area (Å²) in [5.41, 5.74) is 1.97. The monoisotopic (exact) mass is 215 g/mol. The number of aldehydes is 1. The molecule has 0 bridgehead atoms. The molecule has 1 N–H and O–H groups in total. The number of allylic oxidation sites excluding steroid dienone is 1. The summed E-state index contributed by atoms with van der Waals surface area (Å²) in [5, 5.41) is 3.08.